The highest BCUT2D eigenvalue weighted by Crippen LogP contribution is 2.27. The van der Waals surface area contributed by atoms with E-state index in [0.717, 1.165) is 19.3 Å². The molecule has 1 saturated carbocycles. The van der Waals surface area contributed by atoms with E-state index < -0.39 is 0 Å². The van der Waals surface area contributed by atoms with Gasteiger partial charge in [-0.15, -0.1) is 0 Å². The molecule has 5 heteroatoms. The van der Waals surface area contributed by atoms with Crippen LogP contribution in [0.2, 0.25) is 0 Å². The standard InChI is InChI=1S/C18H21N3O2/c1-12-7-3-4-8-15(12)20-17(22)16-13(2)23-18(14(16)11-19)21-9-5-6-10-21/h5-6,9-10,12,15H,3-4,7-8H2,1-2H3,(H,20,22). The summed E-state index contributed by atoms with van der Waals surface area (Å²) in [5.41, 5.74) is 0.647. The largest absolute Gasteiger partial charge is 0.443 e. The second-order valence-electron chi connectivity index (χ2n) is 6.26. The van der Waals surface area contributed by atoms with E-state index in [2.05, 4.69) is 18.3 Å². The molecule has 1 N–H and O–H groups in total. The predicted molar refractivity (Wildman–Crippen MR) is 86.4 cm³/mol. The predicted octanol–water partition coefficient (Wildman–Crippen LogP) is 3.56. The van der Waals surface area contributed by atoms with Gasteiger partial charge in [-0.3, -0.25) is 9.36 Å². The second kappa shape index (κ2) is 6.33. The highest BCUT2D eigenvalue weighted by molar-refractivity contribution is 5.98. The Kier molecular flexibility index (Phi) is 4.24. The lowest BCUT2D eigenvalue weighted by Gasteiger charge is -2.29. The summed E-state index contributed by atoms with van der Waals surface area (Å²) < 4.78 is 7.41. The second-order valence-corrected chi connectivity index (χ2v) is 6.26. The Morgan fingerprint density at radius 1 is 1.35 bits per heavy atom. The maximum atomic E-state index is 12.7. The molecule has 0 saturated heterocycles. The molecule has 1 amide bonds. The number of nitriles is 1. The number of furan rings is 1. The number of hydrogen-bond acceptors (Lipinski definition) is 3. The van der Waals surface area contributed by atoms with Crippen molar-refractivity contribution in [2.75, 3.05) is 0 Å². The molecular weight excluding hydrogens is 290 g/mol. The van der Waals surface area contributed by atoms with Crippen LogP contribution in [-0.4, -0.2) is 16.5 Å². The lowest BCUT2D eigenvalue weighted by Crippen LogP contribution is -2.41. The molecule has 1 fully saturated rings. The molecule has 5 nitrogen and oxygen atoms in total. The third kappa shape index (κ3) is 2.89. The van der Waals surface area contributed by atoms with Crippen LogP contribution in [0.15, 0.2) is 28.9 Å². The number of nitrogens with one attached hydrogen (secondary N) is 1. The summed E-state index contributed by atoms with van der Waals surface area (Å²) >= 11 is 0. The minimum Gasteiger partial charge on any atom is -0.443 e. The Bertz CT molecular complexity index is 737. The molecule has 0 radical (unpaired) electrons. The number of carbonyl (C=O) groups excluding carboxylic acids is 1. The first-order valence-corrected chi connectivity index (χ1v) is 8.09. The van der Waals surface area contributed by atoms with Gasteiger partial charge in [0.05, 0.1) is 0 Å². The number of nitrogens with zero attached hydrogens (tertiary/aromatic N) is 2. The van der Waals surface area contributed by atoms with Crippen molar-refractivity contribution in [1.82, 2.24) is 9.88 Å². The van der Waals surface area contributed by atoms with Gasteiger partial charge in [-0.05, 0) is 37.8 Å². The Labute approximate surface area is 135 Å². The van der Waals surface area contributed by atoms with Crippen molar-refractivity contribution in [2.45, 2.75) is 45.6 Å². The van der Waals surface area contributed by atoms with Crippen LogP contribution in [-0.2, 0) is 0 Å². The van der Waals surface area contributed by atoms with Gasteiger partial charge in [-0.2, -0.15) is 5.26 Å². The summed E-state index contributed by atoms with van der Waals surface area (Å²) in [6, 6.07) is 6.00. The Hall–Kier alpha value is -2.48. The highest BCUT2D eigenvalue weighted by Gasteiger charge is 2.28. The van der Waals surface area contributed by atoms with Crippen LogP contribution < -0.4 is 5.32 Å². The van der Waals surface area contributed by atoms with Crippen LogP contribution in [0.3, 0.4) is 0 Å². The normalized spacial score (nSPS) is 20.9. The zero-order valence-corrected chi connectivity index (χ0v) is 13.5. The third-order valence-corrected chi connectivity index (χ3v) is 4.67. The summed E-state index contributed by atoms with van der Waals surface area (Å²) in [4.78, 5) is 12.7. The van der Waals surface area contributed by atoms with E-state index in [-0.39, 0.29) is 11.9 Å². The van der Waals surface area contributed by atoms with Crippen LogP contribution in [0.5, 0.6) is 0 Å². The van der Waals surface area contributed by atoms with Gasteiger partial charge < -0.3 is 9.73 Å². The van der Waals surface area contributed by atoms with Crippen molar-refractivity contribution in [2.24, 2.45) is 5.92 Å². The van der Waals surface area contributed by atoms with Crippen molar-refractivity contribution in [3.63, 3.8) is 0 Å². The van der Waals surface area contributed by atoms with E-state index in [1.54, 1.807) is 23.9 Å². The average molecular weight is 311 g/mol. The molecule has 120 valence electrons. The quantitative estimate of drug-likeness (QED) is 0.942. The summed E-state index contributed by atoms with van der Waals surface area (Å²) in [5.74, 6) is 1.14. The molecule has 2 heterocycles. The number of aryl methyl sites for hydroxylation is 1. The summed E-state index contributed by atoms with van der Waals surface area (Å²) in [6.07, 6.45) is 8.08. The Balaban J connectivity index is 1.90. The fourth-order valence-electron chi connectivity index (χ4n) is 3.33. The Morgan fingerprint density at radius 3 is 2.70 bits per heavy atom. The van der Waals surface area contributed by atoms with Gasteiger partial charge in [-0.1, -0.05) is 19.8 Å². The number of carbonyl (C=O) groups is 1. The molecule has 1 aliphatic rings. The molecule has 2 unspecified atom stereocenters. The van der Waals surface area contributed by atoms with Crippen molar-refractivity contribution < 1.29 is 9.21 Å². The number of amides is 1. The lowest BCUT2D eigenvalue weighted by atomic mass is 9.86. The van der Waals surface area contributed by atoms with Crippen LogP contribution in [0.25, 0.3) is 5.88 Å². The molecule has 0 spiro atoms. The fraction of sp³-hybridized carbons (Fsp3) is 0.444. The van der Waals surface area contributed by atoms with Gasteiger partial charge in [-0.25, -0.2) is 0 Å². The van der Waals surface area contributed by atoms with Gasteiger partial charge in [0.25, 0.3) is 5.91 Å². The van der Waals surface area contributed by atoms with Gasteiger partial charge in [0.15, 0.2) is 0 Å². The van der Waals surface area contributed by atoms with Crippen LogP contribution in [0.4, 0.5) is 0 Å². The number of rotatable bonds is 3. The maximum Gasteiger partial charge on any atom is 0.256 e. The van der Waals surface area contributed by atoms with Crippen LogP contribution in [0.1, 0.15) is 54.3 Å². The van der Waals surface area contributed by atoms with Crippen molar-refractivity contribution >= 4 is 5.91 Å². The molecule has 0 aliphatic heterocycles. The van der Waals surface area contributed by atoms with E-state index >= 15 is 0 Å². The Morgan fingerprint density at radius 2 is 2.04 bits per heavy atom. The van der Waals surface area contributed by atoms with Gasteiger partial charge in [0.1, 0.15) is 23.0 Å². The minimum atomic E-state index is -0.208. The minimum absolute atomic E-state index is 0.173. The molecule has 23 heavy (non-hydrogen) atoms. The lowest BCUT2D eigenvalue weighted by molar-refractivity contribution is 0.0908. The fourth-order valence-corrected chi connectivity index (χ4v) is 3.33. The van der Waals surface area contributed by atoms with E-state index in [1.807, 2.05) is 12.1 Å². The van der Waals surface area contributed by atoms with E-state index in [4.69, 9.17) is 4.42 Å². The topological polar surface area (TPSA) is 71.0 Å². The molecule has 2 aromatic rings. The SMILES string of the molecule is Cc1oc(-n2cccc2)c(C#N)c1C(=O)NC1CCCCC1C. The van der Waals surface area contributed by atoms with Gasteiger partial charge >= 0.3 is 0 Å². The average Bonchev–Trinajstić information content (AvgIpc) is 3.16. The zero-order valence-electron chi connectivity index (χ0n) is 13.5. The third-order valence-electron chi connectivity index (χ3n) is 4.67. The molecule has 2 atom stereocenters. The first kappa shape index (κ1) is 15.4. The molecular formula is C18H21N3O2. The summed E-state index contributed by atoms with van der Waals surface area (Å²) in [7, 11) is 0. The monoisotopic (exact) mass is 311 g/mol. The van der Waals surface area contributed by atoms with E-state index in [9.17, 15) is 10.1 Å². The number of hydrogen-bond donors (Lipinski definition) is 1. The maximum absolute atomic E-state index is 12.7. The summed E-state index contributed by atoms with van der Waals surface area (Å²) in [5, 5.41) is 12.6. The van der Waals surface area contributed by atoms with Crippen molar-refractivity contribution in [3.8, 4) is 12.0 Å². The van der Waals surface area contributed by atoms with Crippen molar-refractivity contribution in [3.05, 3.63) is 41.4 Å². The van der Waals surface area contributed by atoms with Crippen LogP contribution in [0, 0.1) is 24.2 Å². The number of aromatic nitrogens is 1. The first-order chi connectivity index (χ1) is 11.1. The first-order valence-electron chi connectivity index (χ1n) is 8.09. The molecule has 0 bridgehead atoms. The van der Waals surface area contributed by atoms with Gasteiger partial charge in [0.2, 0.25) is 5.88 Å². The molecule has 2 aromatic heterocycles. The highest BCUT2D eigenvalue weighted by atomic mass is 16.4. The van der Waals surface area contributed by atoms with Crippen molar-refractivity contribution in [1.29, 1.82) is 5.26 Å². The molecule has 3 rings (SSSR count). The van der Waals surface area contributed by atoms with Gasteiger partial charge in [0, 0.05) is 18.4 Å². The smallest absolute Gasteiger partial charge is 0.256 e. The van der Waals surface area contributed by atoms with E-state index in [1.165, 1.54) is 6.42 Å². The zero-order chi connectivity index (χ0) is 16.4. The molecule has 1 aliphatic carbocycles. The summed E-state index contributed by atoms with van der Waals surface area (Å²) in [6.45, 7) is 3.90. The molecule has 0 aromatic carbocycles. The van der Waals surface area contributed by atoms with E-state index in [0.29, 0.717) is 28.7 Å². The van der Waals surface area contributed by atoms with Crippen LogP contribution >= 0.6 is 0 Å².